The van der Waals surface area contributed by atoms with Gasteiger partial charge in [0.05, 0.1) is 12.6 Å². The van der Waals surface area contributed by atoms with Crippen molar-refractivity contribution in [3.63, 3.8) is 0 Å². The molecule has 3 aromatic heterocycles. The summed E-state index contributed by atoms with van der Waals surface area (Å²) >= 11 is 0. The molecule has 25 heavy (non-hydrogen) atoms. The van der Waals surface area contributed by atoms with Crippen molar-refractivity contribution in [3.8, 4) is 11.4 Å². The maximum absolute atomic E-state index is 5.46. The number of pyridine rings is 1. The highest BCUT2D eigenvalue weighted by molar-refractivity contribution is 5.51. The summed E-state index contributed by atoms with van der Waals surface area (Å²) in [5.41, 5.74) is 0.845. The summed E-state index contributed by atoms with van der Waals surface area (Å²) in [7, 11) is 0. The highest BCUT2D eigenvalue weighted by Crippen LogP contribution is 2.31. The lowest BCUT2D eigenvalue weighted by Crippen LogP contribution is -2.33. The molecule has 0 radical (unpaired) electrons. The lowest BCUT2D eigenvalue weighted by molar-refractivity contribution is 0.0986. The van der Waals surface area contributed by atoms with Crippen LogP contribution in [0.2, 0.25) is 0 Å². The van der Waals surface area contributed by atoms with Crippen molar-refractivity contribution in [2.75, 3.05) is 6.54 Å². The van der Waals surface area contributed by atoms with Crippen LogP contribution in [0.3, 0.4) is 0 Å². The molecule has 1 fully saturated rings. The topological polar surface area (TPSA) is 94.0 Å². The second-order valence-electron chi connectivity index (χ2n) is 6.14. The standard InChI is InChI=1S/C17H20N6O2/c1-2-14-19-17(25-21-14)13-7-3-4-9-23(13)11-15-20-16(22-24-15)12-6-5-8-18-10-12/h5-6,8,10,13H,2-4,7,9,11H2,1H3/t13-/m1/s1. The van der Waals surface area contributed by atoms with Crippen LogP contribution in [-0.2, 0) is 13.0 Å². The van der Waals surface area contributed by atoms with Gasteiger partial charge in [0.2, 0.25) is 17.6 Å². The molecule has 0 bridgehead atoms. The average molecular weight is 340 g/mol. The number of rotatable bonds is 5. The molecule has 1 aliphatic heterocycles. The van der Waals surface area contributed by atoms with Crippen molar-refractivity contribution in [1.82, 2.24) is 30.2 Å². The van der Waals surface area contributed by atoms with E-state index in [-0.39, 0.29) is 6.04 Å². The van der Waals surface area contributed by atoms with E-state index in [1.807, 2.05) is 19.1 Å². The van der Waals surface area contributed by atoms with Gasteiger partial charge in [-0.05, 0) is 31.5 Å². The third-order valence-electron chi connectivity index (χ3n) is 4.42. The van der Waals surface area contributed by atoms with E-state index in [4.69, 9.17) is 9.05 Å². The molecule has 0 aliphatic carbocycles. The minimum atomic E-state index is 0.107. The summed E-state index contributed by atoms with van der Waals surface area (Å²) in [5.74, 6) is 2.57. The third-order valence-corrected chi connectivity index (χ3v) is 4.42. The Morgan fingerprint density at radius 1 is 1.20 bits per heavy atom. The van der Waals surface area contributed by atoms with Crippen LogP contribution in [0.4, 0.5) is 0 Å². The van der Waals surface area contributed by atoms with Gasteiger partial charge < -0.3 is 9.05 Å². The molecule has 8 heteroatoms. The SMILES string of the molecule is CCc1noc([C@H]2CCCCN2Cc2nc(-c3cccnc3)no2)n1. The van der Waals surface area contributed by atoms with Crippen LogP contribution in [0.15, 0.2) is 33.6 Å². The van der Waals surface area contributed by atoms with Gasteiger partial charge in [-0.2, -0.15) is 9.97 Å². The minimum Gasteiger partial charge on any atom is -0.338 e. The molecule has 0 aromatic carbocycles. The molecule has 3 aromatic rings. The molecular formula is C17H20N6O2. The van der Waals surface area contributed by atoms with E-state index >= 15 is 0 Å². The van der Waals surface area contributed by atoms with E-state index in [2.05, 4.69) is 30.2 Å². The van der Waals surface area contributed by atoms with Crippen LogP contribution in [0.25, 0.3) is 11.4 Å². The van der Waals surface area contributed by atoms with E-state index in [1.165, 1.54) is 0 Å². The van der Waals surface area contributed by atoms with Gasteiger partial charge >= 0.3 is 0 Å². The first-order valence-corrected chi connectivity index (χ1v) is 8.63. The Morgan fingerprint density at radius 3 is 2.96 bits per heavy atom. The molecule has 0 spiro atoms. The van der Waals surface area contributed by atoms with Gasteiger partial charge in [0, 0.05) is 24.4 Å². The maximum Gasteiger partial charge on any atom is 0.244 e. The Kier molecular flexibility index (Phi) is 4.51. The molecule has 0 N–H and O–H groups in total. The first-order chi connectivity index (χ1) is 12.3. The molecule has 1 atom stereocenters. The maximum atomic E-state index is 5.46. The number of hydrogen-bond donors (Lipinski definition) is 0. The average Bonchev–Trinajstić information content (AvgIpc) is 3.32. The predicted molar refractivity (Wildman–Crippen MR) is 88.2 cm³/mol. The van der Waals surface area contributed by atoms with Crippen LogP contribution in [0, 0.1) is 0 Å². The molecule has 4 rings (SSSR count). The zero-order valence-corrected chi connectivity index (χ0v) is 14.1. The lowest BCUT2D eigenvalue weighted by Gasteiger charge is -2.31. The number of piperidine rings is 1. The first-order valence-electron chi connectivity index (χ1n) is 8.63. The highest BCUT2D eigenvalue weighted by atomic mass is 16.5. The summed E-state index contributed by atoms with van der Waals surface area (Å²) in [6, 6.07) is 3.87. The monoisotopic (exact) mass is 340 g/mol. The second kappa shape index (κ2) is 7.10. The normalized spacial score (nSPS) is 18.5. The Hall–Kier alpha value is -2.61. The number of aromatic nitrogens is 5. The van der Waals surface area contributed by atoms with E-state index in [9.17, 15) is 0 Å². The Balaban J connectivity index is 1.51. The number of likely N-dealkylation sites (tertiary alicyclic amines) is 1. The summed E-state index contributed by atoms with van der Waals surface area (Å²) in [4.78, 5) is 15.4. The molecule has 130 valence electrons. The van der Waals surface area contributed by atoms with Gasteiger partial charge in [-0.15, -0.1) is 0 Å². The molecule has 0 saturated carbocycles. The molecule has 8 nitrogen and oxygen atoms in total. The fraction of sp³-hybridized carbons (Fsp3) is 0.471. The minimum absolute atomic E-state index is 0.107. The molecule has 0 amide bonds. The first kappa shape index (κ1) is 15.9. The highest BCUT2D eigenvalue weighted by Gasteiger charge is 2.30. The lowest BCUT2D eigenvalue weighted by atomic mass is 10.0. The van der Waals surface area contributed by atoms with Crippen molar-refractivity contribution in [1.29, 1.82) is 0 Å². The quantitative estimate of drug-likeness (QED) is 0.700. The molecule has 0 unspecified atom stereocenters. The van der Waals surface area contributed by atoms with Crippen molar-refractivity contribution in [2.45, 2.75) is 45.2 Å². The molecule has 1 saturated heterocycles. The van der Waals surface area contributed by atoms with Crippen molar-refractivity contribution in [2.24, 2.45) is 0 Å². The van der Waals surface area contributed by atoms with Gasteiger partial charge in [-0.25, -0.2) is 0 Å². The molecular weight excluding hydrogens is 320 g/mol. The van der Waals surface area contributed by atoms with Gasteiger partial charge in [-0.3, -0.25) is 9.88 Å². The Labute approximate surface area is 145 Å². The summed E-state index contributed by atoms with van der Waals surface area (Å²) in [6.07, 6.45) is 7.49. The second-order valence-corrected chi connectivity index (χ2v) is 6.14. The fourth-order valence-corrected chi connectivity index (χ4v) is 3.11. The zero-order valence-electron chi connectivity index (χ0n) is 14.1. The zero-order chi connectivity index (χ0) is 17.1. The van der Waals surface area contributed by atoms with Crippen LogP contribution in [-0.4, -0.2) is 36.7 Å². The van der Waals surface area contributed by atoms with Gasteiger partial charge in [0.1, 0.15) is 0 Å². The van der Waals surface area contributed by atoms with Crippen molar-refractivity contribution < 1.29 is 9.05 Å². The Morgan fingerprint density at radius 2 is 2.16 bits per heavy atom. The van der Waals surface area contributed by atoms with Crippen LogP contribution in [0.5, 0.6) is 0 Å². The number of nitrogens with zero attached hydrogens (tertiary/aromatic N) is 6. The largest absolute Gasteiger partial charge is 0.338 e. The van der Waals surface area contributed by atoms with Gasteiger partial charge in [0.25, 0.3) is 0 Å². The van der Waals surface area contributed by atoms with E-state index < -0.39 is 0 Å². The van der Waals surface area contributed by atoms with E-state index in [1.54, 1.807) is 12.4 Å². The third kappa shape index (κ3) is 3.43. The smallest absolute Gasteiger partial charge is 0.244 e. The van der Waals surface area contributed by atoms with Crippen molar-refractivity contribution >= 4 is 0 Å². The fourth-order valence-electron chi connectivity index (χ4n) is 3.11. The molecule has 1 aliphatic rings. The Bertz CT molecular complexity index is 815. The van der Waals surface area contributed by atoms with E-state index in [0.717, 1.165) is 43.6 Å². The van der Waals surface area contributed by atoms with Crippen LogP contribution >= 0.6 is 0 Å². The summed E-state index contributed by atoms with van der Waals surface area (Å²) in [6.45, 7) is 3.53. The van der Waals surface area contributed by atoms with Gasteiger partial charge in [-0.1, -0.05) is 23.7 Å². The predicted octanol–water partition coefficient (Wildman–Crippen LogP) is 2.80. The van der Waals surface area contributed by atoms with Crippen molar-refractivity contribution in [3.05, 3.63) is 42.1 Å². The summed E-state index contributed by atoms with van der Waals surface area (Å²) in [5, 5.41) is 8.09. The molecule has 4 heterocycles. The van der Waals surface area contributed by atoms with E-state index in [0.29, 0.717) is 24.2 Å². The van der Waals surface area contributed by atoms with Gasteiger partial charge in [0.15, 0.2) is 5.82 Å². The number of aryl methyl sites for hydroxylation is 1. The van der Waals surface area contributed by atoms with Crippen LogP contribution < -0.4 is 0 Å². The summed E-state index contributed by atoms with van der Waals surface area (Å²) < 4.78 is 10.9. The number of hydrogen-bond acceptors (Lipinski definition) is 8. The van der Waals surface area contributed by atoms with Crippen LogP contribution in [0.1, 0.15) is 49.8 Å².